The summed E-state index contributed by atoms with van der Waals surface area (Å²) in [5, 5.41) is 3.01. The summed E-state index contributed by atoms with van der Waals surface area (Å²) >= 11 is 0. The summed E-state index contributed by atoms with van der Waals surface area (Å²) in [6.07, 6.45) is 9.64. The predicted molar refractivity (Wildman–Crippen MR) is 114 cm³/mol. The van der Waals surface area contributed by atoms with E-state index in [1.54, 1.807) is 6.20 Å². The Kier molecular flexibility index (Phi) is 4.92. The summed E-state index contributed by atoms with van der Waals surface area (Å²) in [4.78, 5) is 21.7. The summed E-state index contributed by atoms with van der Waals surface area (Å²) in [6.45, 7) is 7.60. The third kappa shape index (κ3) is 4.21. The summed E-state index contributed by atoms with van der Waals surface area (Å²) in [5.74, 6) is 0.608. The number of pyridine rings is 2. The number of rotatable bonds is 5. The van der Waals surface area contributed by atoms with Crippen molar-refractivity contribution < 1.29 is 4.79 Å². The lowest BCUT2D eigenvalue weighted by Gasteiger charge is -2.18. The van der Waals surface area contributed by atoms with Crippen molar-refractivity contribution in [3.63, 3.8) is 0 Å². The highest BCUT2D eigenvalue weighted by atomic mass is 16.1. The van der Waals surface area contributed by atoms with Crippen molar-refractivity contribution >= 4 is 11.4 Å². The van der Waals surface area contributed by atoms with Crippen molar-refractivity contribution in [2.24, 2.45) is 5.41 Å². The first-order valence-corrected chi connectivity index (χ1v) is 9.71. The number of carbonyl (C=O) groups excluding carboxylic acids is 1. The Morgan fingerprint density at radius 3 is 2.72 bits per heavy atom. The maximum absolute atomic E-state index is 12.8. The molecule has 6 nitrogen and oxygen atoms in total. The van der Waals surface area contributed by atoms with Crippen LogP contribution in [0, 0.1) is 5.41 Å². The summed E-state index contributed by atoms with van der Waals surface area (Å²) in [6, 6.07) is 11.8. The van der Waals surface area contributed by atoms with E-state index in [2.05, 4.69) is 41.7 Å². The monoisotopic (exact) mass is 387 g/mol. The molecule has 0 saturated carbocycles. The minimum absolute atomic E-state index is 0.0115. The van der Waals surface area contributed by atoms with Crippen molar-refractivity contribution in [1.82, 2.24) is 24.3 Å². The van der Waals surface area contributed by atoms with Crippen molar-refractivity contribution in [1.29, 1.82) is 0 Å². The van der Waals surface area contributed by atoms with Gasteiger partial charge in [-0.3, -0.25) is 14.2 Å². The molecule has 0 aliphatic heterocycles. The van der Waals surface area contributed by atoms with Crippen LogP contribution in [-0.2, 0) is 6.54 Å². The van der Waals surface area contributed by atoms with E-state index in [9.17, 15) is 4.79 Å². The first-order valence-electron chi connectivity index (χ1n) is 9.71. The number of hydrogen-bond acceptors (Lipinski definition) is 3. The Balaban J connectivity index is 1.66. The van der Waals surface area contributed by atoms with Crippen LogP contribution in [0.5, 0.6) is 0 Å². The normalized spacial score (nSPS) is 11.7. The predicted octanol–water partition coefficient (Wildman–Crippen LogP) is 4.02. The number of fused-ring (bicyclic) bond motifs is 1. The number of carbonyl (C=O) groups is 1. The zero-order valence-electron chi connectivity index (χ0n) is 17.0. The first kappa shape index (κ1) is 18.9. The second-order valence-corrected chi connectivity index (χ2v) is 8.42. The topological polar surface area (TPSA) is 64.2 Å². The van der Waals surface area contributed by atoms with Gasteiger partial charge in [0.15, 0.2) is 5.69 Å². The van der Waals surface area contributed by atoms with Gasteiger partial charge < -0.3 is 9.88 Å². The first-order chi connectivity index (χ1) is 13.9. The van der Waals surface area contributed by atoms with Crippen LogP contribution < -0.4 is 5.32 Å². The van der Waals surface area contributed by atoms with Gasteiger partial charge in [0.05, 0.1) is 5.52 Å². The molecule has 6 heteroatoms. The van der Waals surface area contributed by atoms with Crippen LogP contribution in [0.2, 0.25) is 0 Å². The third-order valence-electron chi connectivity index (χ3n) is 4.64. The van der Waals surface area contributed by atoms with Crippen molar-refractivity contribution in [3.05, 3.63) is 78.6 Å². The molecule has 4 aromatic rings. The molecule has 4 heterocycles. The average Bonchev–Trinajstić information content (AvgIpc) is 3.31. The zero-order chi connectivity index (χ0) is 20.4. The molecule has 0 atom stereocenters. The van der Waals surface area contributed by atoms with E-state index in [1.807, 2.05) is 59.5 Å². The number of aromatic nitrogens is 4. The van der Waals surface area contributed by atoms with E-state index in [0.29, 0.717) is 12.2 Å². The van der Waals surface area contributed by atoms with Gasteiger partial charge in [-0.05, 0) is 35.2 Å². The van der Waals surface area contributed by atoms with E-state index >= 15 is 0 Å². The Bertz CT molecular complexity index is 1140. The van der Waals surface area contributed by atoms with Crippen LogP contribution in [0.15, 0.2) is 67.4 Å². The number of hydrogen-bond donors (Lipinski definition) is 1. The van der Waals surface area contributed by atoms with E-state index in [1.165, 1.54) is 0 Å². The molecule has 4 aromatic heterocycles. The quantitative estimate of drug-likeness (QED) is 0.562. The SMILES string of the molecule is CC(C)(C)CNC(=O)c1nc(-c2ccn(Cc3cccnc3)c2)n2ccccc12. The molecule has 0 saturated heterocycles. The number of nitrogens with zero attached hydrogens (tertiary/aromatic N) is 4. The third-order valence-corrected chi connectivity index (χ3v) is 4.64. The van der Waals surface area contributed by atoms with E-state index in [-0.39, 0.29) is 11.3 Å². The number of amides is 1. The Labute approximate surface area is 170 Å². The fourth-order valence-corrected chi connectivity index (χ4v) is 3.21. The minimum Gasteiger partial charge on any atom is -0.350 e. The van der Waals surface area contributed by atoms with E-state index < -0.39 is 0 Å². The van der Waals surface area contributed by atoms with Crippen LogP contribution in [0.3, 0.4) is 0 Å². The van der Waals surface area contributed by atoms with E-state index in [0.717, 1.165) is 29.0 Å². The Morgan fingerprint density at radius 1 is 1.10 bits per heavy atom. The van der Waals surface area contributed by atoms with Gasteiger partial charge in [-0.25, -0.2) is 4.98 Å². The van der Waals surface area contributed by atoms with Gasteiger partial charge in [-0.1, -0.05) is 32.9 Å². The van der Waals surface area contributed by atoms with Crippen molar-refractivity contribution in [2.45, 2.75) is 27.3 Å². The van der Waals surface area contributed by atoms with Gasteiger partial charge in [0.2, 0.25) is 0 Å². The highest BCUT2D eigenvalue weighted by Gasteiger charge is 2.20. The van der Waals surface area contributed by atoms with Gasteiger partial charge in [-0.15, -0.1) is 0 Å². The molecule has 0 aromatic carbocycles. The van der Waals surface area contributed by atoms with Crippen molar-refractivity contribution in [2.75, 3.05) is 6.54 Å². The molecule has 1 N–H and O–H groups in total. The second-order valence-electron chi connectivity index (χ2n) is 8.42. The lowest BCUT2D eigenvalue weighted by molar-refractivity contribution is 0.0936. The Hall–Kier alpha value is -3.41. The van der Waals surface area contributed by atoms with Crippen LogP contribution in [-0.4, -0.2) is 31.4 Å². The van der Waals surface area contributed by atoms with Crippen LogP contribution in [0.4, 0.5) is 0 Å². The second kappa shape index (κ2) is 7.54. The molecule has 29 heavy (non-hydrogen) atoms. The number of imidazole rings is 1. The minimum atomic E-state index is -0.148. The lowest BCUT2D eigenvalue weighted by Crippen LogP contribution is -2.32. The van der Waals surface area contributed by atoms with Crippen LogP contribution >= 0.6 is 0 Å². The smallest absolute Gasteiger partial charge is 0.272 e. The maximum atomic E-state index is 12.8. The highest BCUT2D eigenvalue weighted by molar-refractivity contribution is 6.00. The Morgan fingerprint density at radius 2 is 1.97 bits per heavy atom. The van der Waals surface area contributed by atoms with Crippen LogP contribution in [0.25, 0.3) is 16.9 Å². The van der Waals surface area contributed by atoms with Gasteiger partial charge in [0, 0.05) is 49.6 Å². The standard InChI is InChI=1S/C23H25N5O/c1-23(2,3)16-25-22(29)20-19-8-4-5-11-28(19)21(26-20)18-9-12-27(15-18)14-17-7-6-10-24-13-17/h4-13,15H,14,16H2,1-3H3,(H,25,29). The molecule has 0 bridgehead atoms. The largest absolute Gasteiger partial charge is 0.350 e. The molecule has 0 aliphatic rings. The van der Waals surface area contributed by atoms with E-state index in [4.69, 9.17) is 4.98 Å². The molecule has 4 rings (SSSR count). The van der Waals surface area contributed by atoms with Crippen LogP contribution in [0.1, 0.15) is 36.8 Å². The fourth-order valence-electron chi connectivity index (χ4n) is 3.21. The lowest BCUT2D eigenvalue weighted by atomic mass is 9.97. The summed E-state index contributed by atoms with van der Waals surface area (Å²) in [7, 11) is 0. The van der Waals surface area contributed by atoms with Gasteiger partial charge in [0.1, 0.15) is 5.82 Å². The molecule has 0 aliphatic carbocycles. The van der Waals surface area contributed by atoms with Gasteiger partial charge >= 0.3 is 0 Å². The molecule has 148 valence electrons. The zero-order valence-corrected chi connectivity index (χ0v) is 17.0. The van der Waals surface area contributed by atoms with Crippen molar-refractivity contribution in [3.8, 4) is 11.4 Å². The molecule has 0 fully saturated rings. The summed E-state index contributed by atoms with van der Waals surface area (Å²) < 4.78 is 4.06. The van der Waals surface area contributed by atoms with Gasteiger partial charge in [0.25, 0.3) is 5.91 Å². The van der Waals surface area contributed by atoms with Gasteiger partial charge in [-0.2, -0.15) is 0 Å². The molecular weight excluding hydrogens is 362 g/mol. The molecule has 0 spiro atoms. The fraction of sp³-hybridized carbons (Fsp3) is 0.261. The molecule has 0 unspecified atom stereocenters. The molecule has 1 amide bonds. The molecular formula is C23H25N5O. The highest BCUT2D eigenvalue weighted by Crippen LogP contribution is 2.24. The molecule has 0 radical (unpaired) electrons. The maximum Gasteiger partial charge on any atom is 0.272 e. The summed E-state index contributed by atoms with van der Waals surface area (Å²) in [5.41, 5.74) is 3.35. The average molecular weight is 387 g/mol. The number of nitrogens with one attached hydrogen (secondary N) is 1.